The lowest BCUT2D eigenvalue weighted by molar-refractivity contribution is 0.0600. The van der Waals surface area contributed by atoms with Crippen LogP contribution < -0.4 is 10.6 Å². The number of guanidine groups is 1. The average molecular weight is 542 g/mol. The van der Waals surface area contributed by atoms with Gasteiger partial charge in [-0.3, -0.25) is 9.89 Å². The molecule has 0 saturated carbocycles. The van der Waals surface area contributed by atoms with Gasteiger partial charge < -0.3 is 15.4 Å². The van der Waals surface area contributed by atoms with Gasteiger partial charge in [-0.25, -0.2) is 4.79 Å². The molecule has 0 spiro atoms. The molecule has 2 heterocycles. The minimum atomic E-state index is -0.308. The number of aliphatic imine (C=N–C) groups is 1. The molecule has 2 aromatic rings. The molecule has 0 amide bonds. The van der Waals surface area contributed by atoms with Crippen LogP contribution in [0.3, 0.4) is 0 Å². The van der Waals surface area contributed by atoms with Gasteiger partial charge in [-0.1, -0.05) is 18.2 Å². The lowest BCUT2D eigenvalue weighted by Crippen LogP contribution is -2.43. The smallest absolute Gasteiger partial charge is 0.337 e. The number of halogens is 1. The fourth-order valence-corrected chi connectivity index (χ4v) is 4.47. The maximum absolute atomic E-state index is 11.5. The second kappa shape index (κ2) is 12.9. The molecule has 0 radical (unpaired) electrons. The molecule has 0 aliphatic carbocycles. The highest BCUT2D eigenvalue weighted by Crippen LogP contribution is 2.27. The Morgan fingerprint density at radius 2 is 1.93 bits per heavy atom. The first-order chi connectivity index (χ1) is 14.2. The van der Waals surface area contributed by atoms with Crippen LogP contribution in [0.15, 0.2) is 46.8 Å². The molecule has 1 aliphatic rings. The first-order valence-electron chi connectivity index (χ1n) is 10.1. The normalized spacial score (nSPS) is 15.3. The van der Waals surface area contributed by atoms with Crippen molar-refractivity contribution in [2.45, 2.75) is 25.3 Å². The third-order valence-corrected chi connectivity index (χ3v) is 6.19. The molecule has 3 rings (SSSR count). The van der Waals surface area contributed by atoms with Crippen molar-refractivity contribution in [2.75, 3.05) is 40.3 Å². The molecule has 6 nitrogen and oxygen atoms in total. The topological polar surface area (TPSA) is 66.0 Å². The average Bonchev–Trinajstić information content (AvgIpc) is 3.47. The summed E-state index contributed by atoms with van der Waals surface area (Å²) in [5, 5.41) is 9.03. The molecule has 1 fully saturated rings. The predicted molar refractivity (Wildman–Crippen MR) is 134 cm³/mol. The Balaban J connectivity index is 0.00000320. The van der Waals surface area contributed by atoms with Gasteiger partial charge in [0.15, 0.2) is 5.96 Å². The van der Waals surface area contributed by atoms with Crippen LogP contribution in [0.1, 0.15) is 39.7 Å². The van der Waals surface area contributed by atoms with Crippen molar-refractivity contribution in [3.63, 3.8) is 0 Å². The minimum absolute atomic E-state index is 0. The number of carbonyl (C=O) groups is 1. The second-order valence-corrected chi connectivity index (χ2v) is 8.07. The number of hydrogen-bond donors (Lipinski definition) is 2. The lowest BCUT2D eigenvalue weighted by Gasteiger charge is -2.27. The Bertz CT molecular complexity index is 790. The van der Waals surface area contributed by atoms with Gasteiger partial charge in [0.2, 0.25) is 0 Å². The number of thiophene rings is 1. The summed E-state index contributed by atoms with van der Waals surface area (Å²) in [4.78, 5) is 19.8. The van der Waals surface area contributed by atoms with Gasteiger partial charge >= 0.3 is 5.97 Å². The Kier molecular flexibility index (Phi) is 10.6. The van der Waals surface area contributed by atoms with E-state index in [0.29, 0.717) is 11.6 Å². The van der Waals surface area contributed by atoms with Crippen molar-refractivity contribution in [2.24, 2.45) is 4.99 Å². The van der Waals surface area contributed by atoms with E-state index in [-0.39, 0.29) is 29.9 Å². The van der Waals surface area contributed by atoms with Crippen LogP contribution in [0.25, 0.3) is 0 Å². The Labute approximate surface area is 200 Å². The highest BCUT2D eigenvalue weighted by Gasteiger charge is 2.24. The molecule has 1 unspecified atom stereocenters. The summed E-state index contributed by atoms with van der Waals surface area (Å²) in [6, 6.07) is 12.3. The van der Waals surface area contributed by atoms with Crippen LogP contribution in [-0.4, -0.2) is 57.2 Å². The van der Waals surface area contributed by atoms with Gasteiger partial charge in [-0.2, -0.15) is 0 Å². The Hall–Kier alpha value is -1.65. The van der Waals surface area contributed by atoms with Gasteiger partial charge in [0.05, 0.1) is 18.7 Å². The highest BCUT2D eigenvalue weighted by molar-refractivity contribution is 14.0. The molecule has 1 atom stereocenters. The number of benzene rings is 1. The summed E-state index contributed by atoms with van der Waals surface area (Å²) < 4.78 is 4.74. The van der Waals surface area contributed by atoms with Crippen LogP contribution in [0.2, 0.25) is 0 Å². The van der Waals surface area contributed by atoms with E-state index in [1.54, 1.807) is 19.2 Å². The first kappa shape index (κ1) is 24.6. The van der Waals surface area contributed by atoms with Crippen molar-refractivity contribution in [3.8, 4) is 0 Å². The van der Waals surface area contributed by atoms with Crippen LogP contribution in [0, 0.1) is 0 Å². The summed E-state index contributed by atoms with van der Waals surface area (Å²) in [6.07, 6.45) is 3.41. The van der Waals surface area contributed by atoms with Crippen molar-refractivity contribution in [3.05, 3.63) is 57.8 Å². The maximum atomic E-state index is 11.5. The molecule has 30 heavy (non-hydrogen) atoms. The SMILES string of the molecule is CN=C(NCCc1ccc(C(=O)OC)cc1)NCC(c1cccs1)N1CCCC1.I. The van der Waals surface area contributed by atoms with E-state index in [9.17, 15) is 4.79 Å². The van der Waals surface area contributed by atoms with Crippen LogP contribution in [0.4, 0.5) is 0 Å². The number of nitrogens with one attached hydrogen (secondary N) is 2. The number of methoxy groups -OCH3 is 1. The maximum Gasteiger partial charge on any atom is 0.337 e. The zero-order valence-corrected chi connectivity index (χ0v) is 20.7. The van der Waals surface area contributed by atoms with Gasteiger partial charge in [0.1, 0.15) is 0 Å². The molecule has 0 bridgehead atoms. The van der Waals surface area contributed by atoms with E-state index in [4.69, 9.17) is 4.74 Å². The standard InChI is InChI=1S/C22H30N4O2S.HI/c1-23-22(24-12-11-17-7-9-18(10-8-17)21(27)28-2)25-16-19(20-6-5-15-29-20)26-13-3-4-14-26;/h5-10,15,19H,3-4,11-14,16H2,1-2H3,(H2,23,24,25);1H. The van der Waals surface area contributed by atoms with Crippen molar-refractivity contribution < 1.29 is 9.53 Å². The number of likely N-dealkylation sites (tertiary alicyclic amines) is 1. The minimum Gasteiger partial charge on any atom is -0.465 e. The zero-order chi connectivity index (χ0) is 20.5. The quantitative estimate of drug-likeness (QED) is 0.231. The second-order valence-electron chi connectivity index (χ2n) is 7.09. The summed E-state index contributed by atoms with van der Waals surface area (Å²) in [6.45, 7) is 3.94. The van der Waals surface area contributed by atoms with E-state index in [0.717, 1.165) is 44.1 Å². The molecule has 1 aromatic heterocycles. The number of carbonyl (C=O) groups excluding carboxylic acids is 1. The van der Waals surface area contributed by atoms with E-state index in [1.807, 2.05) is 23.5 Å². The predicted octanol–water partition coefficient (Wildman–Crippen LogP) is 3.70. The third-order valence-electron chi connectivity index (χ3n) is 5.22. The summed E-state index contributed by atoms with van der Waals surface area (Å²) in [7, 11) is 3.20. The Morgan fingerprint density at radius 3 is 2.53 bits per heavy atom. The monoisotopic (exact) mass is 542 g/mol. The molecule has 164 valence electrons. The van der Waals surface area contributed by atoms with Crippen molar-refractivity contribution >= 4 is 47.2 Å². The zero-order valence-electron chi connectivity index (χ0n) is 17.6. The lowest BCUT2D eigenvalue weighted by atomic mass is 10.1. The van der Waals surface area contributed by atoms with Crippen LogP contribution in [0.5, 0.6) is 0 Å². The Morgan fingerprint density at radius 1 is 1.20 bits per heavy atom. The van der Waals surface area contributed by atoms with Gasteiger partial charge in [-0.15, -0.1) is 35.3 Å². The van der Waals surface area contributed by atoms with E-state index in [2.05, 4.69) is 38.0 Å². The molecule has 1 aliphatic heterocycles. The number of hydrogen-bond acceptors (Lipinski definition) is 5. The fraction of sp³-hybridized carbons (Fsp3) is 0.455. The fourth-order valence-electron chi connectivity index (χ4n) is 3.61. The molecule has 1 aromatic carbocycles. The van der Waals surface area contributed by atoms with E-state index < -0.39 is 0 Å². The van der Waals surface area contributed by atoms with Crippen LogP contribution in [-0.2, 0) is 11.2 Å². The highest BCUT2D eigenvalue weighted by atomic mass is 127. The van der Waals surface area contributed by atoms with Gasteiger partial charge in [0.25, 0.3) is 0 Å². The van der Waals surface area contributed by atoms with Gasteiger partial charge in [-0.05, 0) is 61.5 Å². The largest absolute Gasteiger partial charge is 0.465 e. The third kappa shape index (κ3) is 6.95. The molecular formula is C22H31IN4O2S. The van der Waals surface area contributed by atoms with E-state index >= 15 is 0 Å². The van der Waals surface area contributed by atoms with Crippen molar-refractivity contribution in [1.82, 2.24) is 15.5 Å². The number of esters is 1. The number of ether oxygens (including phenoxy) is 1. The molecule has 2 N–H and O–H groups in total. The first-order valence-corrected chi connectivity index (χ1v) is 11.0. The number of nitrogens with zero attached hydrogens (tertiary/aromatic N) is 2. The summed E-state index contributed by atoms with van der Waals surface area (Å²) in [5.41, 5.74) is 1.73. The van der Waals surface area contributed by atoms with Gasteiger partial charge in [0, 0.05) is 25.0 Å². The van der Waals surface area contributed by atoms with E-state index in [1.165, 1.54) is 24.8 Å². The number of rotatable bonds is 8. The summed E-state index contributed by atoms with van der Waals surface area (Å²) in [5.74, 6) is 0.509. The van der Waals surface area contributed by atoms with Crippen molar-refractivity contribution in [1.29, 1.82) is 0 Å². The molecule has 1 saturated heterocycles. The molecule has 8 heteroatoms. The van der Waals surface area contributed by atoms with Crippen LogP contribution >= 0.6 is 35.3 Å². The molecular weight excluding hydrogens is 511 g/mol. The summed E-state index contributed by atoms with van der Waals surface area (Å²) >= 11 is 1.82.